The summed E-state index contributed by atoms with van der Waals surface area (Å²) in [6.07, 6.45) is 10.1. The largest absolute Gasteiger partial charge is 0.316 e. The Kier molecular flexibility index (Phi) is 4.66. The summed E-state index contributed by atoms with van der Waals surface area (Å²) in [7, 11) is 2.10. The van der Waals surface area contributed by atoms with Crippen LogP contribution in [0.2, 0.25) is 0 Å². The van der Waals surface area contributed by atoms with Crippen LogP contribution in [-0.2, 0) is 0 Å². The van der Waals surface area contributed by atoms with Gasteiger partial charge >= 0.3 is 0 Å². The van der Waals surface area contributed by atoms with Gasteiger partial charge in [-0.1, -0.05) is 19.8 Å². The van der Waals surface area contributed by atoms with Crippen LogP contribution in [0.15, 0.2) is 0 Å². The van der Waals surface area contributed by atoms with Crippen molar-refractivity contribution in [1.29, 1.82) is 0 Å². The standard InChI is InChI=1S/C14H28N2/c1-3-4-12-5-7-14(8-6-12)16-10-9-13(11-16)15-2/h12-15H,3-11H2,1-2H3. The molecule has 1 aliphatic carbocycles. The number of likely N-dealkylation sites (tertiary alicyclic amines) is 1. The minimum absolute atomic E-state index is 0.758. The Labute approximate surface area is 101 Å². The van der Waals surface area contributed by atoms with Crippen LogP contribution in [0.1, 0.15) is 51.9 Å². The van der Waals surface area contributed by atoms with E-state index in [0.717, 1.165) is 18.0 Å². The average molecular weight is 224 g/mol. The smallest absolute Gasteiger partial charge is 0.0204 e. The Morgan fingerprint density at radius 2 is 1.88 bits per heavy atom. The van der Waals surface area contributed by atoms with Gasteiger partial charge in [-0.15, -0.1) is 0 Å². The molecule has 0 bridgehead atoms. The highest BCUT2D eigenvalue weighted by atomic mass is 15.2. The van der Waals surface area contributed by atoms with Gasteiger partial charge in [0.2, 0.25) is 0 Å². The maximum absolute atomic E-state index is 3.42. The Hall–Kier alpha value is -0.0800. The van der Waals surface area contributed by atoms with Crippen LogP contribution in [0.25, 0.3) is 0 Å². The lowest BCUT2D eigenvalue weighted by atomic mass is 9.83. The van der Waals surface area contributed by atoms with Crippen LogP contribution < -0.4 is 5.32 Å². The molecule has 0 aromatic carbocycles. The maximum Gasteiger partial charge on any atom is 0.0204 e. The molecule has 2 aliphatic rings. The van der Waals surface area contributed by atoms with Crippen molar-refractivity contribution >= 4 is 0 Å². The first-order chi connectivity index (χ1) is 7.83. The van der Waals surface area contributed by atoms with E-state index < -0.39 is 0 Å². The number of rotatable bonds is 4. The fourth-order valence-electron chi connectivity index (χ4n) is 3.56. The van der Waals surface area contributed by atoms with Gasteiger partial charge in [-0.2, -0.15) is 0 Å². The van der Waals surface area contributed by atoms with E-state index in [4.69, 9.17) is 0 Å². The highest BCUT2D eigenvalue weighted by Gasteiger charge is 2.30. The molecule has 2 nitrogen and oxygen atoms in total. The first kappa shape index (κ1) is 12.4. The van der Waals surface area contributed by atoms with Crippen molar-refractivity contribution in [3.05, 3.63) is 0 Å². The molecule has 1 aliphatic heterocycles. The number of nitrogens with zero attached hydrogens (tertiary/aromatic N) is 1. The second-order valence-corrected chi connectivity index (χ2v) is 5.73. The van der Waals surface area contributed by atoms with Gasteiger partial charge in [-0.3, -0.25) is 4.90 Å². The summed E-state index contributed by atoms with van der Waals surface area (Å²) >= 11 is 0. The van der Waals surface area contributed by atoms with Crippen LogP contribution in [0.3, 0.4) is 0 Å². The fourth-order valence-corrected chi connectivity index (χ4v) is 3.56. The molecule has 0 aromatic heterocycles. The first-order valence-electron chi connectivity index (χ1n) is 7.24. The van der Waals surface area contributed by atoms with E-state index in [9.17, 15) is 0 Å². The lowest BCUT2D eigenvalue weighted by molar-refractivity contribution is 0.158. The Balaban J connectivity index is 1.72. The number of hydrogen-bond acceptors (Lipinski definition) is 2. The first-order valence-corrected chi connectivity index (χ1v) is 7.24. The quantitative estimate of drug-likeness (QED) is 0.790. The van der Waals surface area contributed by atoms with Gasteiger partial charge in [0.25, 0.3) is 0 Å². The number of likely N-dealkylation sites (N-methyl/N-ethyl adjacent to an activating group) is 1. The van der Waals surface area contributed by atoms with E-state index in [2.05, 4.69) is 24.2 Å². The van der Waals surface area contributed by atoms with Crippen LogP contribution in [-0.4, -0.2) is 37.1 Å². The molecular formula is C14H28N2. The summed E-state index contributed by atoms with van der Waals surface area (Å²) in [6.45, 7) is 4.94. The van der Waals surface area contributed by atoms with Gasteiger partial charge in [-0.25, -0.2) is 0 Å². The van der Waals surface area contributed by atoms with Crippen LogP contribution in [0.5, 0.6) is 0 Å². The van der Waals surface area contributed by atoms with Crippen molar-refractivity contribution in [3.8, 4) is 0 Å². The predicted octanol–water partition coefficient (Wildman–Crippen LogP) is 2.64. The molecule has 0 aromatic rings. The van der Waals surface area contributed by atoms with Crippen molar-refractivity contribution in [2.45, 2.75) is 64.0 Å². The summed E-state index contributed by atoms with van der Waals surface area (Å²) in [5.41, 5.74) is 0. The van der Waals surface area contributed by atoms with Gasteiger partial charge < -0.3 is 5.32 Å². The number of hydrogen-bond donors (Lipinski definition) is 1. The minimum Gasteiger partial charge on any atom is -0.316 e. The van der Waals surface area contributed by atoms with E-state index in [1.54, 1.807) is 0 Å². The summed E-state index contributed by atoms with van der Waals surface area (Å²) in [5, 5.41) is 3.42. The Morgan fingerprint density at radius 3 is 2.44 bits per heavy atom. The van der Waals surface area contributed by atoms with Gasteiger partial charge in [0.15, 0.2) is 0 Å². The zero-order chi connectivity index (χ0) is 11.4. The third-order valence-electron chi connectivity index (χ3n) is 4.66. The minimum atomic E-state index is 0.758. The Bertz CT molecular complexity index is 197. The molecule has 0 amide bonds. The molecule has 0 radical (unpaired) electrons. The topological polar surface area (TPSA) is 15.3 Å². The molecule has 0 spiro atoms. The van der Waals surface area contributed by atoms with Crippen LogP contribution in [0, 0.1) is 5.92 Å². The van der Waals surface area contributed by atoms with Crippen molar-refractivity contribution in [1.82, 2.24) is 10.2 Å². The second kappa shape index (κ2) is 6.02. The van der Waals surface area contributed by atoms with E-state index in [-0.39, 0.29) is 0 Å². The molecular weight excluding hydrogens is 196 g/mol. The van der Waals surface area contributed by atoms with E-state index in [1.807, 2.05) is 0 Å². The lowest BCUT2D eigenvalue weighted by Gasteiger charge is -2.34. The highest BCUT2D eigenvalue weighted by molar-refractivity contribution is 4.87. The van der Waals surface area contributed by atoms with Gasteiger partial charge in [-0.05, 0) is 45.1 Å². The number of nitrogens with one attached hydrogen (secondary N) is 1. The lowest BCUT2D eigenvalue weighted by Crippen LogP contribution is -2.38. The van der Waals surface area contributed by atoms with Crippen molar-refractivity contribution in [3.63, 3.8) is 0 Å². The van der Waals surface area contributed by atoms with Crippen molar-refractivity contribution < 1.29 is 0 Å². The molecule has 1 atom stereocenters. The van der Waals surface area contributed by atoms with Gasteiger partial charge in [0.05, 0.1) is 0 Å². The van der Waals surface area contributed by atoms with Crippen LogP contribution >= 0.6 is 0 Å². The zero-order valence-electron chi connectivity index (χ0n) is 11.0. The molecule has 2 heteroatoms. The zero-order valence-corrected chi connectivity index (χ0v) is 11.0. The third-order valence-corrected chi connectivity index (χ3v) is 4.66. The Morgan fingerprint density at radius 1 is 1.12 bits per heavy atom. The SMILES string of the molecule is CCCC1CCC(N2CCC(NC)C2)CC1. The van der Waals surface area contributed by atoms with Crippen molar-refractivity contribution in [2.75, 3.05) is 20.1 Å². The second-order valence-electron chi connectivity index (χ2n) is 5.73. The van der Waals surface area contributed by atoms with Gasteiger partial charge in [0.1, 0.15) is 0 Å². The molecule has 1 saturated heterocycles. The normalized spacial score (nSPS) is 36.8. The average Bonchev–Trinajstić information content (AvgIpc) is 2.79. The predicted molar refractivity (Wildman–Crippen MR) is 69.7 cm³/mol. The molecule has 1 N–H and O–H groups in total. The molecule has 16 heavy (non-hydrogen) atoms. The molecule has 2 fully saturated rings. The fraction of sp³-hybridized carbons (Fsp3) is 1.00. The van der Waals surface area contributed by atoms with E-state index >= 15 is 0 Å². The summed E-state index contributed by atoms with van der Waals surface area (Å²) in [6, 6.07) is 1.67. The molecule has 1 heterocycles. The molecule has 1 unspecified atom stereocenters. The monoisotopic (exact) mass is 224 g/mol. The molecule has 1 saturated carbocycles. The van der Waals surface area contributed by atoms with E-state index in [0.29, 0.717) is 0 Å². The summed E-state index contributed by atoms with van der Waals surface area (Å²) in [5.74, 6) is 1.05. The van der Waals surface area contributed by atoms with Crippen LogP contribution in [0.4, 0.5) is 0 Å². The summed E-state index contributed by atoms with van der Waals surface area (Å²) in [4.78, 5) is 2.74. The molecule has 94 valence electrons. The highest BCUT2D eigenvalue weighted by Crippen LogP contribution is 2.31. The third kappa shape index (κ3) is 2.98. The van der Waals surface area contributed by atoms with Crippen molar-refractivity contribution in [2.24, 2.45) is 5.92 Å². The molecule has 2 rings (SSSR count). The van der Waals surface area contributed by atoms with E-state index in [1.165, 1.54) is 58.0 Å². The maximum atomic E-state index is 3.42. The van der Waals surface area contributed by atoms with Gasteiger partial charge in [0, 0.05) is 25.2 Å². The summed E-state index contributed by atoms with van der Waals surface area (Å²) < 4.78 is 0.